The largest absolute Gasteiger partial charge is 0.481 e. The van der Waals surface area contributed by atoms with E-state index in [2.05, 4.69) is 30.7 Å². The minimum Gasteiger partial charge on any atom is -0.481 e. The van der Waals surface area contributed by atoms with Crippen LogP contribution in [0.1, 0.15) is 36.3 Å². The molecule has 2 heterocycles. The Morgan fingerprint density at radius 1 is 1.29 bits per heavy atom. The van der Waals surface area contributed by atoms with E-state index in [0.717, 1.165) is 6.42 Å². The summed E-state index contributed by atoms with van der Waals surface area (Å²) in [6.07, 6.45) is 2.75. The summed E-state index contributed by atoms with van der Waals surface area (Å²) in [6, 6.07) is 12.6. The number of methoxy groups -OCH3 is 1. The summed E-state index contributed by atoms with van der Waals surface area (Å²) in [5.74, 6) is 6.73. The number of carbonyl (C=O) groups excluding carboxylic acids is 1. The van der Waals surface area contributed by atoms with Crippen molar-refractivity contribution in [3.8, 4) is 17.7 Å². The second kappa shape index (κ2) is 8.50. The Bertz CT molecular complexity index is 970. The van der Waals surface area contributed by atoms with E-state index < -0.39 is 0 Å². The molecule has 2 aromatic rings. The Morgan fingerprint density at radius 3 is 2.79 bits per heavy atom. The van der Waals surface area contributed by atoms with Gasteiger partial charge in [0.2, 0.25) is 5.88 Å². The highest BCUT2D eigenvalue weighted by Gasteiger charge is 2.33. The highest BCUT2D eigenvalue weighted by molar-refractivity contribution is 6.30. The van der Waals surface area contributed by atoms with Crippen LogP contribution >= 0.6 is 11.6 Å². The van der Waals surface area contributed by atoms with Crippen LogP contribution in [0.2, 0.25) is 5.02 Å². The molecule has 0 bridgehead atoms. The third-order valence-corrected chi connectivity index (χ3v) is 5.08. The molecule has 0 aliphatic carbocycles. The number of allylic oxidation sites excluding steroid dienone is 1. The van der Waals surface area contributed by atoms with Crippen LogP contribution in [0.4, 0.5) is 0 Å². The Hall–Kier alpha value is -2.77. The molecule has 1 fully saturated rings. The Balaban J connectivity index is 1.72. The molecular weight excluding hydrogens is 372 g/mol. The molecule has 5 heteroatoms. The molecule has 0 radical (unpaired) electrons. The number of halogens is 1. The van der Waals surface area contributed by atoms with Gasteiger partial charge in [-0.2, -0.15) is 0 Å². The zero-order chi connectivity index (χ0) is 20.1. The van der Waals surface area contributed by atoms with E-state index in [1.54, 1.807) is 37.4 Å². The lowest BCUT2D eigenvalue weighted by atomic mass is 9.78. The van der Waals surface area contributed by atoms with Crippen molar-refractivity contribution in [2.24, 2.45) is 5.41 Å². The van der Waals surface area contributed by atoms with E-state index in [1.165, 1.54) is 5.57 Å². The van der Waals surface area contributed by atoms with E-state index in [1.807, 2.05) is 23.1 Å². The fourth-order valence-corrected chi connectivity index (χ4v) is 3.48. The minimum absolute atomic E-state index is 0.0151. The van der Waals surface area contributed by atoms with Crippen molar-refractivity contribution in [2.45, 2.75) is 20.3 Å². The van der Waals surface area contributed by atoms with Crippen LogP contribution in [0.25, 0.3) is 0 Å². The molecule has 4 nitrogen and oxygen atoms in total. The van der Waals surface area contributed by atoms with Gasteiger partial charge in [0.25, 0.3) is 5.91 Å². The molecule has 28 heavy (non-hydrogen) atoms. The number of hydrogen-bond acceptors (Lipinski definition) is 3. The maximum Gasteiger partial charge on any atom is 0.253 e. The van der Waals surface area contributed by atoms with Gasteiger partial charge < -0.3 is 9.64 Å². The lowest BCUT2D eigenvalue weighted by Gasteiger charge is -2.40. The van der Waals surface area contributed by atoms with Gasteiger partial charge in [-0.05, 0) is 42.7 Å². The monoisotopic (exact) mass is 394 g/mol. The van der Waals surface area contributed by atoms with E-state index >= 15 is 0 Å². The smallest absolute Gasteiger partial charge is 0.253 e. The standard InChI is InChI=1S/C23H23ClN2O2/c1-23(2)16-26(22(27)17-7-4-9-19(24)15-17)14-13-18(23)8-5-10-20-11-6-12-21(25-20)28-3/h4,6-9,11-12,15H,13-14,16H2,1-3H3/b18-8+. The zero-order valence-corrected chi connectivity index (χ0v) is 17.1. The van der Waals surface area contributed by atoms with Crippen molar-refractivity contribution in [1.29, 1.82) is 0 Å². The molecule has 1 aliphatic rings. The number of nitrogens with zero attached hydrogens (tertiary/aromatic N) is 2. The van der Waals surface area contributed by atoms with E-state index in [0.29, 0.717) is 35.2 Å². The zero-order valence-electron chi connectivity index (χ0n) is 16.3. The normalized spacial score (nSPS) is 17.0. The minimum atomic E-state index is -0.150. The molecule has 0 atom stereocenters. The number of likely N-dealkylation sites (tertiary alicyclic amines) is 1. The molecule has 0 spiro atoms. The van der Waals surface area contributed by atoms with Crippen LogP contribution in [0.5, 0.6) is 5.88 Å². The van der Waals surface area contributed by atoms with E-state index in [4.69, 9.17) is 16.3 Å². The lowest BCUT2D eigenvalue weighted by Crippen LogP contribution is -2.44. The maximum absolute atomic E-state index is 12.8. The molecule has 0 N–H and O–H groups in total. The molecule has 0 unspecified atom stereocenters. The van der Waals surface area contributed by atoms with Gasteiger partial charge in [0.1, 0.15) is 5.69 Å². The summed E-state index contributed by atoms with van der Waals surface area (Å²) in [7, 11) is 1.59. The first-order valence-electron chi connectivity index (χ1n) is 9.16. The number of rotatable bonds is 2. The lowest BCUT2D eigenvalue weighted by molar-refractivity contribution is 0.0663. The van der Waals surface area contributed by atoms with Crippen molar-refractivity contribution >= 4 is 17.5 Å². The van der Waals surface area contributed by atoms with Crippen LogP contribution in [0.3, 0.4) is 0 Å². The number of pyridine rings is 1. The van der Waals surface area contributed by atoms with Gasteiger partial charge in [-0.25, -0.2) is 4.98 Å². The fourth-order valence-electron chi connectivity index (χ4n) is 3.29. The molecule has 144 valence electrons. The summed E-state index contributed by atoms with van der Waals surface area (Å²) in [5.41, 5.74) is 2.38. The number of carbonyl (C=O) groups is 1. The molecule has 1 aromatic carbocycles. The highest BCUT2D eigenvalue weighted by Crippen LogP contribution is 2.34. The Labute approximate surface area is 171 Å². The van der Waals surface area contributed by atoms with Gasteiger partial charge >= 0.3 is 0 Å². The summed E-state index contributed by atoms with van der Waals surface area (Å²) >= 11 is 6.03. The average molecular weight is 395 g/mol. The predicted octanol–water partition coefficient (Wildman–Crippen LogP) is 4.59. The summed E-state index contributed by atoms with van der Waals surface area (Å²) in [4.78, 5) is 19.0. The maximum atomic E-state index is 12.8. The Morgan fingerprint density at radius 2 is 2.07 bits per heavy atom. The van der Waals surface area contributed by atoms with Gasteiger partial charge in [0.15, 0.2) is 0 Å². The highest BCUT2D eigenvalue weighted by atomic mass is 35.5. The number of amides is 1. The van der Waals surface area contributed by atoms with Crippen molar-refractivity contribution in [3.05, 3.63) is 70.4 Å². The van der Waals surface area contributed by atoms with Crippen molar-refractivity contribution in [2.75, 3.05) is 20.2 Å². The van der Waals surface area contributed by atoms with E-state index in [9.17, 15) is 4.79 Å². The molecule has 1 aliphatic heterocycles. The molecule has 3 rings (SSSR count). The topological polar surface area (TPSA) is 42.4 Å². The average Bonchev–Trinajstić information content (AvgIpc) is 2.68. The number of aromatic nitrogens is 1. The van der Waals surface area contributed by atoms with Crippen molar-refractivity contribution in [3.63, 3.8) is 0 Å². The molecule has 0 saturated carbocycles. The molecule has 1 saturated heterocycles. The van der Waals surface area contributed by atoms with E-state index in [-0.39, 0.29) is 11.3 Å². The number of hydrogen-bond donors (Lipinski definition) is 0. The van der Waals surface area contributed by atoms with Crippen LogP contribution in [-0.4, -0.2) is 36.0 Å². The van der Waals surface area contributed by atoms with Crippen LogP contribution < -0.4 is 4.74 Å². The van der Waals surface area contributed by atoms with Gasteiger partial charge in [-0.1, -0.05) is 49.1 Å². The third-order valence-electron chi connectivity index (χ3n) is 4.84. The van der Waals surface area contributed by atoms with Crippen LogP contribution in [0, 0.1) is 17.3 Å². The van der Waals surface area contributed by atoms with Gasteiger partial charge in [-0.15, -0.1) is 0 Å². The van der Waals surface area contributed by atoms with Gasteiger partial charge in [-0.3, -0.25) is 4.79 Å². The number of piperidine rings is 1. The van der Waals surface area contributed by atoms with Gasteiger partial charge in [0.05, 0.1) is 7.11 Å². The van der Waals surface area contributed by atoms with Gasteiger partial charge in [0, 0.05) is 35.2 Å². The second-order valence-corrected chi connectivity index (χ2v) is 7.81. The van der Waals surface area contributed by atoms with Crippen molar-refractivity contribution in [1.82, 2.24) is 9.88 Å². The second-order valence-electron chi connectivity index (χ2n) is 7.38. The first-order valence-corrected chi connectivity index (χ1v) is 9.54. The first-order chi connectivity index (χ1) is 13.4. The van der Waals surface area contributed by atoms with Crippen molar-refractivity contribution < 1.29 is 9.53 Å². The SMILES string of the molecule is COc1cccc(C#C/C=C2\CCN(C(=O)c3cccc(Cl)c3)CC2(C)C)n1. The van der Waals surface area contributed by atoms with Crippen LogP contribution in [-0.2, 0) is 0 Å². The number of ether oxygens (including phenoxy) is 1. The molecule has 1 amide bonds. The number of benzene rings is 1. The van der Waals surface area contributed by atoms with Crippen LogP contribution in [0.15, 0.2) is 54.1 Å². The summed E-state index contributed by atoms with van der Waals surface area (Å²) < 4.78 is 5.12. The Kier molecular flexibility index (Phi) is 6.06. The summed E-state index contributed by atoms with van der Waals surface area (Å²) in [5, 5.41) is 0.573. The molecular formula is C23H23ClN2O2. The quantitative estimate of drug-likeness (QED) is 0.699. The predicted molar refractivity (Wildman–Crippen MR) is 112 cm³/mol. The first kappa shape index (κ1) is 20.0. The third kappa shape index (κ3) is 4.74. The summed E-state index contributed by atoms with van der Waals surface area (Å²) in [6.45, 7) is 5.59. The fraction of sp³-hybridized carbons (Fsp3) is 0.304. The molecule has 1 aromatic heterocycles.